The predicted molar refractivity (Wildman–Crippen MR) is 48.3 cm³/mol. The van der Waals surface area contributed by atoms with Crippen LogP contribution in [-0.2, 0) is 0 Å². The van der Waals surface area contributed by atoms with E-state index in [-0.39, 0.29) is 0 Å². The van der Waals surface area contributed by atoms with Crippen molar-refractivity contribution in [2.75, 3.05) is 0 Å². The second-order valence-electron chi connectivity index (χ2n) is 3.72. The van der Waals surface area contributed by atoms with Crippen molar-refractivity contribution < 1.29 is 0 Å². The third-order valence-corrected chi connectivity index (χ3v) is 2.57. The first-order valence-electron chi connectivity index (χ1n) is 4.36. The van der Waals surface area contributed by atoms with Crippen molar-refractivity contribution in [2.45, 2.75) is 26.7 Å². The van der Waals surface area contributed by atoms with Gasteiger partial charge < -0.3 is 0 Å². The van der Waals surface area contributed by atoms with Gasteiger partial charge in [-0.3, -0.25) is 0 Å². The van der Waals surface area contributed by atoms with Crippen molar-refractivity contribution >= 4 is 0 Å². The van der Waals surface area contributed by atoms with Gasteiger partial charge in [0.25, 0.3) is 0 Å². The van der Waals surface area contributed by atoms with Gasteiger partial charge in [-0.25, -0.2) is 0 Å². The largest absolute Gasteiger partial charge is 0.0798 e. The molecule has 0 aromatic rings. The Hall–Kier alpha value is -0.780. The molecule has 0 aromatic heterocycles. The van der Waals surface area contributed by atoms with Gasteiger partial charge in [0.2, 0.25) is 0 Å². The molecule has 0 saturated heterocycles. The molecule has 0 radical (unpaired) electrons. The second-order valence-corrected chi connectivity index (χ2v) is 3.72. The van der Waals surface area contributed by atoms with Gasteiger partial charge in [0, 0.05) is 0 Å². The van der Waals surface area contributed by atoms with Gasteiger partial charge in [0.15, 0.2) is 0 Å². The Morgan fingerprint density at radius 3 is 2.82 bits per heavy atom. The monoisotopic (exact) mass is 146 g/mol. The van der Waals surface area contributed by atoms with Crippen LogP contribution in [0.2, 0.25) is 0 Å². The van der Waals surface area contributed by atoms with Gasteiger partial charge in [-0.05, 0) is 24.3 Å². The molecule has 0 atom stereocenters. The van der Waals surface area contributed by atoms with Crippen LogP contribution in [0.15, 0.2) is 34.9 Å². The van der Waals surface area contributed by atoms with E-state index in [4.69, 9.17) is 0 Å². The second kappa shape index (κ2) is 2.37. The smallest absolute Gasteiger partial charge is 0.00904 e. The Labute approximate surface area is 68.3 Å². The molecule has 0 nitrogen and oxygen atoms in total. The van der Waals surface area contributed by atoms with E-state index < -0.39 is 0 Å². The number of allylic oxidation sites excluding steroid dienone is 6. The summed E-state index contributed by atoms with van der Waals surface area (Å²) in [6.07, 6.45) is 9.31. The molecule has 11 heavy (non-hydrogen) atoms. The molecule has 0 fully saturated rings. The summed E-state index contributed by atoms with van der Waals surface area (Å²) in [7, 11) is 0. The van der Waals surface area contributed by atoms with Crippen molar-refractivity contribution in [3.63, 3.8) is 0 Å². The minimum absolute atomic E-state index is 0.731. The molecular weight excluding hydrogens is 132 g/mol. The highest BCUT2D eigenvalue weighted by Gasteiger charge is 2.17. The van der Waals surface area contributed by atoms with Crippen molar-refractivity contribution in [3.05, 3.63) is 34.9 Å². The third-order valence-electron chi connectivity index (χ3n) is 2.57. The van der Waals surface area contributed by atoms with Crippen LogP contribution in [0.3, 0.4) is 0 Å². The first-order chi connectivity index (χ1) is 5.27. The molecule has 0 heteroatoms. The Bertz CT molecular complexity index is 262. The van der Waals surface area contributed by atoms with Crippen LogP contribution in [0.25, 0.3) is 0 Å². The Balaban J connectivity index is 2.20. The molecule has 2 aliphatic carbocycles. The zero-order valence-corrected chi connectivity index (χ0v) is 7.22. The zero-order chi connectivity index (χ0) is 7.84. The van der Waals surface area contributed by atoms with Crippen LogP contribution in [-0.4, -0.2) is 0 Å². The predicted octanol–water partition coefficient (Wildman–Crippen LogP) is 3.23. The number of hydrogen-bond acceptors (Lipinski definition) is 0. The SMILES string of the molecule is CC(C)C1=CC2=C(CC=C2)C1. The van der Waals surface area contributed by atoms with E-state index in [1.807, 2.05) is 0 Å². The third kappa shape index (κ3) is 1.07. The molecule has 58 valence electrons. The van der Waals surface area contributed by atoms with Crippen molar-refractivity contribution in [3.8, 4) is 0 Å². The molecule has 0 saturated carbocycles. The molecule has 0 bridgehead atoms. The van der Waals surface area contributed by atoms with Gasteiger partial charge in [-0.15, -0.1) is 0 Å². The van der Waals surface area contributed by atoms with Crippen LogP contribution < -0.4 is 0 Å². The van der Waals surface area contributed by atoms with E-state index in [0.717, 1.165) is 5.92 Å². The summed E-state index contributed by atoms with van der Waals surface area (Å²) in [6.45, 7) is 4.55. The van der Waals surface area contributed by atoms with Crippen LogP contribution in [0.1, 0.15) is 26.7 Å². The lowest BCUT2D eigenvalue weighted by Gasteiger charge is -2.06. The average molecular weight is 146 g/mol. The quantitative estimate of drug-likeness (QED) is 0.532. The van der Waals surface area contributed by atoms with Crippen LogP contribution >= 0.6 is 0 Å². The lowest BCUT2D eigenvalue weighted by molar-refractivity contribution is 0.743. The van der Waals surface area contributed by atoms with Crippen LogP contribution in [0.4, 0.5) is 0 Å². The topological polar surface area (TPSA) is 0 Å². The fourth-order valence-corrected chi connectivity index (χ4v) is 1.76. The standard InChI is InChI=1S/C11H14/c1-8(2)11-6-9-4-3-5-10(9)7-11/h3-4,6,8H,5,7H2,1-2H3. The lowest BCUT2D eigenvalue weighted by Crippen LogP contribution is -1.91. The Morgan fingerprint density at radius 2 is 2.18 bits per heavy atom. The van der Waals surface area contributed by atoms with Crippen LogP contribution in [0, 0.1) is 5.92 Å². The highest BCUT2D eigenvalue weighted by Crippen LogP contribution is 2.35. The molecule has 0 unspecified atom stereocenters. The van der Waals surface area contributed by atoms with Crippen LogP contribution in [0.5, 0.6) is 0 Å². The van der Waals surface area contributed by atoms with Gasteiger partial charge >= 0.3 is 0 Å². The first-order valence-corrected chi connectivity index (χ1v) is 4.36. The molecule has 0 N–H and O–H groups in total. The van der Waals surface area contributed by atoms with E-state index in [1.54, 1.807) is 11.1 Å². The molecule has 0 heterocycles. The van der Waals surface area contributed by atoms with Gasteiger partial charge in [-0.1, -0.05) is 43.2 Å². The number of rotatable bonds is 1. The van der Waals surface area contributed by atoms with E-state index in [2.05, 4.69) is 32.1 Å². The van der Waals surface area contributed by atoms with E-state index >= 15 is 0 Å². The molecule has 0 aliphatic heterocycles. The summed E-state index contributed by atoms with van der Waals surface area (Å²) < 4.78 is 0. The maximum absolute atomic E-state index is 2.36. The van der Waals surface area contributed by atoms with Crippen molar-refractivity contribution in [1.82, 2.24) is 0 Å². The van der Waals surface area contributed by atoms with Gasteiger partial charge in [-0.2, -0.15) is 0 Å². The summed E-state index contributed by atoms with van der Waals surface area (Å²) in [4.78, 5) is 0. The summed E-state index contributed by atoms with van der Waals surface area (Å²) in [6, 6.07) is 0. The Kier molecular flexibility index (Phi) is 1.49. The van der Waals surface area contributed by atoms with Crippen molar-refractivity contribution in [2.24, 2.45) is 5.92 Å². The summed E-state index contributed by atoms with van der Waals surface area (Å²) in [5, 5.41) is 0. The molecule has 0 spiro atoms. The van der Waals surface area contributed by atoms with Gasteiger partial charge in [0.05, 0.1) is 0 Å². The lowest BCUT2D eigenvalue weighted by atomic mass is 10.00. The van der Waals surface area contributed by atoms with Gasteiger partial charge in [0.1, 0.15) is 0 Å². The highest BCUT2D eigenvalue weighted by atomic mass is 14.2. The normalized spacial score (nSPS) is 21.5. The minimum Gasteiger partial charge on any atom is -0.0798 e. The molecule has 0 amide bonds. The fraction of sp³-hybridized carbons (Fsp3) is 0.455. The van der Waals surface area contributed by atoms with Crippen molar-refractivity contribution in [1.29, 1.82) is 0 Å². The minimum atomic E-state index is 0.731. The molecular formula is C11H14. The molecule has 2 rings (SSSR count). The summed E-state index contributed by atoms with van der Waals surface area (Å²) in [5.74, 6) is 0.731. The highest BCUT2D eigenvalue weighted by molar-refractivity contribution is 5.50. The van der Waals surface area contributed by atoms with E-state index in [9.17, 15) is 0 Å². The maximum atomic E-state index is 2.36. The summed E-state index contributed by atoms with van der Waals surface area (Å²) in [5.41, 5.74) is 4.74. The zero-order valence-electron chi connectivity index (χ0n) is 7.22. The molecule has 0 aromatic carbocycles. The fourth-order valence-electron chi connectivity index (χ4n) is 1.76. The van der Waals surface area contributed by atoms with E-state index in [1.165, 1.54) is 18.4 Å². The average Bonchev–Trinajstić information content (AvgIpc) is 2.40. The van der Waals surface area contributed by atoms with E-state index in [0.29, 0.717) is 0 Å². The Morgan fingerprint density at radius 1 is 1.36 bits per heavy atom. The summed E-state index contributed by atoms with van der Waals surface area (Å²) >= 11 is 0. The first kappa shape index (κ1) is 6.90. The number of hydrogen-bond donors (Lipinski definition) is 0. The maximum Gasteiger partial charge on any atom is -0.00904 e. The molecule has 2 aliphatic rings.